The highest BCUT2D eigenvalue weighted by molar-refractivity contribution is 9.10. The van der Waals surface area contributed by atoms with Crippen LogP contribution < -0.4 is 4.74 Å². The third-order valence-corrected chi connectivity index (χ3v) is 4.92. The van der Waals surface area contributed by atoms with Gasteiger partial charge in [0.1, 0.15) is 19.0 Å². The highest BCUT2D eigenvalue weighted by atomic mass is 79.9. The zero-order valence-electron chi connectivity index (χ0n) is 14.8. The molecular formula is C22H16BrClN2O2. The molecule has 0 atom stereocenters. The third kappa shape index (κ3) is 5.35. The molecule has 0 radical (unpaired) electrons. The van der Waals surface area contributed by atoms with Crippen molar-refractivity contribution < 1.29 is 9.57 Å². The quantitative estimate of drug-likeness (QED) is 0.319. The van der Waals surface area contributed by atoms with E-state index in [1.165, 1.54) is 0 Å². The van der Waals surface area contributed by atoms with E-state index in [1.807, 2.05) is 60.7 Å². The summed E-state index contributed by atoms with van der Waals surface area (Å²) in [6.07, 6.45) is 1.61. The van der Waals surface area contributed by atoms with Crippen LogP contribution in [0.25, 0.3) is 0 Å². The molecule has 0 aliphatic heterocycles. The number of hydrogen-bond donors (Lipinski definition) is 0. The first-order valence-electron chi connectivity index (χ1n) is 8.46. The molecule has 3 aromatic carbocycles. The van der Waals surface area contributed by atoms with Crippen LogP contribution in [0.4, 0.5) is 0 Å². The number of ether oxygens (including phenoxy) is 1. The minimum atomic E-state index is 0.237. The van der Waals surface area contributed by atoms with Crippen LogP contribution in [0.3, 0.4) is 0 Å². The Morgan fingerprint density at radius 1 is 1.00 bits per heavy atom. The van der Waals surface area contributed by atoms with Crippen molar-refractivity contribution in [3.63, 3.8) is 0 Å². The van der Waals surface area contributed by atoms with Gasteiger partial charge in [-0.25, -0.2) is 0 Å². The van der Waals surface area contributed by atoms with Gasteiger partial charge in [0.15, 0.2) is 0 Å². The van der Waals surface area contributed by atoms with E-state index in [9.17, 15) is 0 Å². The lowest BCUT2D eigenvalue weighted by atomic mass is 10.1. The van der Waals surface area contributed by atoms with Gasteiger partial charge in [-0.1, -0.05) is 53.2 Å². The summed E-state index contributed by atoms with van der Waals surface area (Å²) in [5, 5.41) is 13.7. The molecule has 28 heavy (non-hydrogen) atoms. The second kappa shape index (κ2) is 9.93. The van der Waals surface area contributed by atoms with E-state index in [2.05, 4.69) is 27.2 Å². The first kappa shape index (κ1) is 19.9. The van der Waals surface area contributed by atoms with E-state index in [0.29, 0.717) is 22.9 Å². The van der Waals surface area contributed by atoms with Crippen molar-refractivity contribution in [1.82, 2.24) is 0 Å². The molecule has 0 fully saturated rings. The van der Waals surface area contributed by atoms with Crippen LogP contribution >= 0.6 is 27.5 Å². The van der Waals surface area contributed by atoms with Crippen LogP contribution in [0.15, 0.2) is 76.4 Å². The van der Waals surface area contributed by atoms with E-state index in [1.54, 1.807) is 12.3 Å². The maximum atomic E-state index is 9.07. The van der Waals surface area contributed by atoms with Crippen molar-refractivity contribution in [1.29, 1.82) is 5.26 Å². The zero-order valence-corrected chi connectivity index (χ0v) is 17.2. The van der Waals surface area contributed by atoms with Crippen molar-refractivity contribution in [3.8, 4) is 11.8 Å². The van der Waals surface area contributed by atoms with E-state index < -0.39 is 0 Å². The molecule has 0 amide bonds. The molecule has 0 unspecified atom stereocenters. The van der Waals surface area contributed by atoms with Crippen LogP contribution in [0.5, 0.6) is 5.75 Å². The largest absolute Gasteiger partial charge is 0.488 e. The minimum absolute atomic E-state index is 0.237. The van der Waals surface area contributed by atoms with E-state index in [-0.39, 0.29) is 6.61 Å². The SMILES string of the molecule is N#Cc1ccccc1CO/N=C\c1ccc(OCc2ccccc2Cl)c(Br)c1. The smallest absolute Gasteiger partial charge is 0.143 e. The number of hydrogen-bond acceptors (Lipinski definition) is 4. The average Bonchev–Trinajstić information content (AvgIpc) is 2.72. The van der Waals surface area contributed by atoms with E-state index >= 15 is 0 Å². The van der Waals surface area contributed by atoms with Crippen molar-refractivity contribution in [3.05, 3.63) is 98.5 Å². The maximum Gasteiger partial charge on any atom is 0.143 e. The number of nitriles is 1. The molecule has 4 nitrogen and oxygen atoms in total. The zero-order chi connectivity index (χ0) is 19.8. The van der Waals surface area contributed by atoms with Gasteiger partial charge in [0.25, 0.3) is 0 Å². The molecule has 0 saturated heterocycles. The molecule has 0 aliphatic rings. The summed E-state index contributed by atoms with van der Waals surface area (Å²) in [6, 6.07) is 22.6. The summed E-state index contributed by atoms with van der Waals surface area (Å²) in [5.74, 6) is 0.709. The Morgan fingerprint density at radius 2 is 1.75 bits per heavy atom. The van der Waals surface area contributed by atoms with Gasteiger partial charge in [-0.15, -0.1) is 0 Å². The van der Waals surface area contributed by atoms with Crippen LogP contribution in [-0.2, 0) is 18.1 Å². The number of rotatable bonds is 7. The molecule has 0 bridgehead atoms. The predicted octanol–water partition coefficient (Wildman–Crippen LogP) is 6.10. The first-order chi connectivity index (χ1) is 13.7. The standard InChI is InChI=1S/C22H16BrClN2O2/c23-20-11-16(13-26-28-15-18-6-2-1-5-17(18)12-25)9-10-22(20)27-14-19-7-3-4-8-21(19)24/h1-11,13H,14-15H2/b26-13-. The van der Waals surface area contributed by atoms with Gasteiger partial charge in [-0.2, -0.15) is 5.26 Å². The number of oxime groups is 1. The molecule has 3 rings (SSSR count). The molecule has 0 saturated carbocycles. The van der Waals surface area contributed by atoms with Gasteiger partial charge in [-0.3, -0.25) is 0 Å². The monoisotopic (exact) mass is 454 g/mol. The van der Waals surface area contributed by atoms with Crippen molar-refractivity contribution in [2.75, 3.05) is 0 Å². The summed E-state index contributed by atoms with van der Waals surface area (Å²) < 4.78 is 6.63. The number of nitrogens with zero attached hydrogens (tertiary/aromatic N) is 2. The Balaban J connectivity index is 1.57. The fourth-order valence-electron chi connectivity index (χ4n) is 2.45. The molecule has 0 heterocycles. The summed E-state index contributed by atoms with van der Waals surface area (Å²) in [4.78, 5) is 5.31. The summed E-state index contributed by atoms with van der Waals surface area (Å²) in [6.45, 7) is 0.619. The second-order valence-corrected chi connectivity index (χ2v) is 7.11. The molecule has 0 aromatic heterocycles. The summed E-state index contributed by atoms with van der Waals surface area (Å²) in [5.41, 5.74) is 3.16. The van der Waals surface area contributed by atoms with Gasteiger partial charge in [0, 0.05) is 16.1 Å². The van der Waals surface area contributed by atoms with Gasteiger partial charge in [0.05, 0.1) is 22.3 Å². The highest BCUT2D eigenvalue weighted by Crippen LogP contribution is 2.27. The lowest BCUT2D eigenvalue weighted by Crippen LogP contribution is -1.97. The fraction of sp³-hybridized carbons (Fsp3) is 0.0909. The lowest BCUT2D eigenvalue weighted by Gasteiger charge is -2.10. The van der Waals surface area contributed by atoms with Crippen LogP contribution in [-0.4, -0.2) is 6.21 Å². The number of benzene rings is 3. The summed E-state index contributed by atoms with van der Waals surface area (Å²) in [7, 11) is 0. The van der Waals surface area contributed by atoms with Gasteiger partial charge >= 0.3 is 0 Å². The maximum absolute atomic E-state index is 9.07. The number of halogens is 2. The second-order valence-electron chi connectivity index (χ2n) is 5.85. The third-order valence-electron chi connectivity index (χ3n) is 3.93. The lowest BCUT2D eigenvalue weighted by molar-refractivity contribution is 0.132. The van der Waals surface area contributed by atoms with Gasteiger partial charge < -0.3 is 9.57 Å². The minimum Gasteiger partial charge on any atom is -0.488 e. The van der Waals surface area contributed by atoms with Crippen molar-refractivity contribution in [2.24, 2.45) is 5.16 Å². The van der Waals surface area contributed by atoms with E-state index in [0.717, 1.165) is 21.2 Å². The molecule has 140 valence electrons. The molecule has 0 aliphatic carbocycles. The van der Waals surface area contributed by atoms with Crippen molar-refractivity contribution >= 4 is 33.7 Å². The Labute approximate surface area is 177 Å². The Morgan fingerprint density at radius 3 is 2.50 bits per heavy atom. The molecule has 6 heteroatoms. The predicted molar refractivity (Wildman–Crippen MR) is 113 cm³/mol. The molecule has 0 N–H and O–H groups in total. The molecule has 3 aromatic rings. The topological polar surface area (TPSA) is 54.6 Å². The Bertz CT molecular complexity index is 1030. The van der Waals surface area contributed by atoms with Crippen molar-refractivity contribution in [2.45, 2.75) is 13.2 Å². The Hall–Kier alpha value is -2.81. The molecule has 0 spiro atoms. The van der Waals surface area contributed by atoms with Gasteiger partial charge in [-0.05, 0) is 51.8 Å². The van der Waals surface area contributed by atoms with Crippen LogP contribution in [0, 0.1) is 11.3 Å². The first-order valence-corrected chi connectivity index (χ1v) is 9.63. The average molecular weight is 456 g/mol. The Kier molecular flexibility index (Phi) is 7.07. The fourth-order valence-corrected chi connectivity index (χ4v) is 3.15. The normalized spacial score (nSPS) is 10.6. The van der Waals surface area contributed by atoms with E-state index in [4.69, 9.17) is 26.4 Å². The van der Waals surface area contributed by atoms with Crippen LogP contribution in [0.1, 0.15) is 22.3 Å². The van der Waals surface area contributed by atoms with Crippen LogP contribution in [0.2, 0.25) is 5.02 Å². The molecular weight excluding hydrogens is 440 g/mol. The van der Waals surface area contributed by atoms with Gasteiger partial charge in [0.2, 0.25) is 0 Å². The summed E-state index contributed by atoms with van der Waals surface area (Å²) >= 11 is 9.66. The highest BCUT2D eigenvalue weighted by Gasteiger charge is 2.05.